The maximum atomic E-state index is 11.1. The van der Waals surface area contributed by atoms with Gasteiger partial charge in [0.25, 0.3) is 0 Å². The van der Waals surface area contributed by atoms with E-state index in [1.165, 1.54) is 0 Å². The molecule has 94 valence electrons. The lowest BCUT2D eigenvalue weighted by Gasteiger charge is -2.30. The van der Waals surface area contributed by atoms with E-state index in [0.717, 1.165) is 23.9 Å². The van der Waals surface area contributed by atoms with Crippen LogP contribution in [0.1, 0.15) is 18.9 Å². The number of rotatable bonds is 1. The molecule has 2 aromatic rings. The number of nitrogens with two attached hydrogens (primary N) is 1. The molecule has 3 rings (SSSR count). The molecule has 0 aliphatic carbocycles. The van der Waals surface area contributed by atoms with Crippen LogP contribution >= 0.6 is 0 Å². The monoisotopic (exact) mass is 245 g/mol. The van der Waals surface area contributed by atoms with Crippen molar-refractivity contribution >= 4 is 17.1 Å². The number of urea groups is 1. The van der Waals surface area contributed by atoms with Gasteiger partial charge in [0.2, 0.25) is 0 Å². The van der Waals surface area contributed by atoms with Gasteiger partial charge < -0.3 is 10.6 Å². The van der Waals surface area contributed by atoms with Crippen molar-refractivity contribution in [2.24, 2.45) is 5.73 Å². The largest absolute Gasteiger partial charge is 0.351 e. The number of piperidine rings is 1. The summed E-state index contributed by atoms with van der Waals surface area (Å²) < 4.78 is 1.97. The van der Waals surface area contributed by atoms with Gasteiger partial charge in [-0.05, 0) is 25.0 Å². The molecule has 1 aromatic heterocycles. The Morgan fingerprint density at radius 1 is 1.28 bits per heavy atom. The highest BCUT2D eigenvalue weighted by atomic mass is 16.2. The van der Waals surface area contributed by atoms with Crippen molar-refractivity contribution in [3.05, 3.63) is 24.3 Å². The van der Waals surface area contributed by atoms with Gasteiger partial charge in [-0.2, -0.15) is 0 Å². The van der Waals surface area contributed by atoms with Gasteiger partial charge in [-0.25, -0.2) is 9.48 Å². The Labute approximate surface area is 104 Å². The molecule has 2 heterocycles. The van der Waals surface area contributed by atoms with E-state index in [2.05, 4.69) is 10.3 Å². The number of nitrogens with zero attached hydrogens (tertiary/aromatic N) is 4. The van der Waals surface area contributed by atoms with Crippen molar-refractivity contribution < 1.29 is 4.79 Å². The van der Waals surface area contributed by atoms with Crippen LogP contribution in [0.2, 0.25) is 0 Å². The van der Waals surface area contributed by atoms with Crippen LogP contribution in [0.5, 0.6) is 0 Å². The molecule has 0 unspecified atom stereocenters. The molecule has 0 atom stereocenters. The number of hydrogen-bond donors (Lipinski definition) is 1. The maximum Gasteiger partial charge on any atom is 0.314 e. The Morgan fingerprint density at radius 2 is 2.00 bits per heavy atom. The molecule has 1 saturated heterocycles. The second-order valence-corrected chi connectivity index (χ2v) is 4.58. The number of hydrogen-bond acceptors (Lipinski definition) is 3. The number of aromatic nitrogens is 3. The highest BCUT2D eigenvalue weighted by Gasteiger charge is 2.24. The van der Waals surface area contributed by atoms with Crippen molar-refractivity contribution in [2.45, 2.75) is 18.9 Å². The summed E-state index contributed by atoms with van der Waals surface area (Å²) in [6.07, 6.45) is 1.74. The third-order valence-electron chi connectivity index (χ3n) is 3.50. The number of carbonyl (C=O) groups excluding carboxylic acids is 1. The number of primary amides is 1. The predicted molar refractivity (Wildman–Crippen MR) is 67.0 cm³/mol. The smallest absolute Gasteiger partial charge is 0.314 e. The molecular formula is C12H15N5O. The predicted octanol–water partition coefficient (Wildman–Crippen LogP) is 1.15. The van der Waals surface area contributed by atoms with Crippen LogP contribution in [0.15, 0.2) is 24.3 Å². The highest BCUT2D eigenvalue weighted by molar-refractivity contribution is 5.74. The van der Waals surface area contributed by atoms with Gasteiger partial charge in [-0.3, -0.25) is 0 Å². The van der Waals surface area contributed by atoms with Gasteiger partial charge in [0.05, 0.1) is 11.6 Å². The summed E-state index contributed by atoms with van der Waals surface area (Å²) in [4.78, 5) is 12.7. The lowest BCUT2D eigenvalue weighted by molar-refractivity contribution is 0.177. The molecule has 6 nitrogen and oxygen atoms in total. The molecule has 18 heavy (non-hydrogen) atoms. The first kappa shape index (κ1) is 11.0. The van der Waals surface area contributed by atoms with E-state index >= 15 is 0 Å². The molecule has 0 spiro atoms. The molecular weight excluding hydrogens is 230 g/mol. The normalized spacial score (nSPS) is 17.2. The van der Waals surface area contributed by atoms with Crippen LogP contribution in [0, 0.1) is 0 Å². The number of fused-ring (bicyclic) bond motifs is 1. The molecule has 2 amide bonds. The van der Waals surface area contributed by atoms with Crippen molar-refractivity contribution in [1.29, 1.82) is 0 Å². The first-order chi connectivity index (χ1) is 8.75. The number of carbonyl (C=O) groups is 1. The van der Waals surface area contributed by atoms with Gasteiger partial charge in [0.1, 0.15) is 5.52 Å². The second kappa shape index (κ2) is 4.29. The number of para-hydroxylation sites is 1. The van der Waals surface area contributed by atoms with E-state index < -0.39 is 0 Å². The van der Waals surface area contributed by atoms with Gasteiger partial charge in [0, 0.05) is 13.1 Å². The van der Waals surface area contributed by atoms with Crippen LogP contribution < -0.4 is 5.73 Å². The van der Waals surface area contributed by atoms with E-state index in [1.54, 1.807) is 4.90 Å². The van der Waals surface area contributed by atoms with Crippen LogP contribution in [-0.2, 0) is 0 Å². The second-order valence-electron chi connectivity index (χ2n) is 4.58. The minimum atomic E-state index is -0.336. The zero-order valence-corrected chi connectivity index (χ0v) is 9.99. The molecule has 6 heteroatoms. The number of likely N-dealkylation sites (tertiary alicyclic amines) is 1. The quantitative estimate of drug-likeness (QED) is 0.818. The minimum absolute atomic E-state index is 0.299. The molecule has 0 radical (unpaired) electrons. The summed E-state index contributed by atoms with van der Waals surface area (Å²) in [5, 5.41) is 8.38. The zero-order valence-electron chi connectivity index (χ0n) is 9.99. The Morgan fingerprint density at radius 3 is 2.72 bits per heavy atom. The number of benzene rings is 1. The first-order valence-corrected chi connectivity index (χ1v) is 6.10. The van der Waals surface area contributed by atoms with Crippen molar-refractivity contribution in [3.8, 4) is 0 Å². The molecule has 0 saturated carbocycles. The summed E-state index contributed by atoms with van der Waals surface area (Å²) in [5.74, 6) is 0. The molecule has 0 bridgehead atoms. The highest BCUT2D eigenvalue weighted by Crippen LogP contribution is 2.24. The van der Waals surface area contributed by atoms with E-state index in [1.807, 2.05) is 28.9 Å². The van der Waals surface area contributed by atoms with Crippen LogP contribution in [-0.4, -0.2) is 39.0 Å². The molecule has 1 fully saturated rings. The third-order valence-corrected chi connectivity index (χ3v) is 3.50. The average Bonchev–Trinajstić information content (AvgIpc) is 2.82. The molecule has 1 aliphatic heterocycles. The topological polar surface area (TPSA) is 77.0 Å². The van der Waals surface area contributed by atoms with E-state index in [0.29, 0.717) is 19.1 Å². The molecule has 1 aromatic carbocycles. The first-order valence-electron chi connectivity index (χ1n) is 6.10. The van der Waals surface area contributed by atoms with Crippen molar-refractivity contribution in [2.75, 3.05) is 13.1 Å². The Kier molecular flexibility index (Phi) is 2.62. The fourth-order valence-electron chi connectivity index (χ4n) is 2.49. The molecule has 1 aliphatic rings. The zero-order chi connectivity index (χ0) is 12.5. The summed E-state index contributed by atoms with van der Waals surface area (Å²) in [6, 6.07) is 7.88. The SMILES string of the molecule is NC(=O)N1CCC(n2nnc3ccccc32)CC1. The summed E-state index contributed by atoms with van der Waals surface area (Å²) in [6.45, 7) is 1.38. The van der Waals surface area contributed by atoms with Gasteiger partial charge >= 0.3 is 6.03 Å². The fraction of sp³-hybridized carbons (Fsp3) is 0.417. The van der Waals surface area contributed by atoms with Crippen LogP contribution in [0.4, 0.5) is 4.79 Å². The summed E-state index contributed by atoms with van der Waals surface area (Å²) in [5.41, 5.74) is 7.24. The van der Waals surface area contributed by atoms with Gasteiger partial charge in [-0.15, -0.1) is 5.10 Å². The van der Waals surface area contributed by atoms with Crippen LogP contribution in [0.25, 0.3) is 11.0 Å². The van der Waals surface area contributed by atoms with E-state index in [-0.39, 0.29) is 6.03 Å². The Balaban J connectivity index is 1.82. The molecule has 2 N–H and O–H groups in total. The lowest BCUT2D eigenvalue weighted by Crippen LogP contribution is -2.42. The van der Waals surface area contributed by atoms with Crippen LogP contribution in [0.3, 0.4) is 0 Å². The fourth-order valence-corrected chi connectivity index (χ4v) is 2.49. The maximum absolute atomic E-state index is 11.1. The average molecular weight is 245 g/mol. The summed E-state index contributed by atoms with van der Waals surface area (Å²) in [7, 11) is 0. The number of amides is 2. The van der Waals surface area contributed by atoms with E-state index in [9.17, 15) is 4.79 Å². The van der Waals surface area contributed by atoms with Gasteiger partial charge in [-0.1, -0.05) is 17.3 Å². The van der Waals surface area contributed by atoms with Crippen molar-refractivity contribution in [3.63, 3.8) is 0 Å². The van der Waals surface area contributed by atoms with E-state index in [4.69, 9.17) is 5.73 Å². The van der Waals surface area contributed by atoms with Gasteiger partial charge in [0.15, 0.2) is 0 Å². The minimum Gasteiger partial charge on any atom is -0.351 e. The Bertz CT molecular complexity index is 571. The third kappa shape index (κ3) is 1.79. The Hall–Kier alpha value is -2.11. The summed E-state index contributed by atoms with van der Waals surface area (Å²) >= 11 is 0. The van der Waals surface area contributed by atoms with Crippen molar-refractivity contribution in [1.82, 2.24) is 19.9 Å². The standard InChI is InChI=1S/C12H15N5O/c13-12(18)16-7-5-9(6-8-16)17-11-4-2-1-3-10(11)14-15-17/h1-4,9H,5-8H2,(H2,13,18). The lowest BCUT2D eigenvalue weighted by atomic mass is 10.1.